The molecule has 0 radical (unpaired) electrons. The molecule has 0 saturated heterocycles. The van der Waals surface area contributed by atoms with E-state index in [0.29, 0.717) is 29.7 Å². The lowest BCUT2D eigenvalue weighted by Crippen LogP contribution is -2.36. The van der Waals surface area contributed by atoms with Crippen LogP contribution in [0.25, 0.3) is 0 Å². The van der Waals surface area contributed by atoms with E-state index in [1.54, 1.807) is 5.57 Å². The van der Waals surface area contributed by atoms with E-state index in [2.05, 4.69) is 32.6 Å². The van der Waals surface area contributed by atoms with E-state index in [9.17, 15) is 15.3 Å². The average Bonchev–Trinajstić information content (AvgIpc) is 3.33. The zero-order valence-corrected chi connectivity index (χ0v) is 20.5. The average molecular weight is 459 g/mol. The first-order valence-corrected chi connectivity index (χ1v) is 13.4. The van der Waals surface area contributed by atoms with Crippen LogP contribution in [0.2, 0.25) is 0 Å². The number of aliphatic hydroxyl groups is 3. The Morgan fingerprint density at radius 2 is 1.70 bits per heavy atom. The van der Waals surface area contributed by atoms with Crippen LogP contribution in [-0.2, 0) is 0 Å². The first-order chi connectivity index (χ1) is 15.2. The lowest BCUT2D eigenvalue weighted by atomic mass is 9.60. The van der Waals surface area contributed by atoms with Crippen LogP contribution < -0.4 is 0 Å². The highest BCUT2D eigenvalue weighted by molar-refractivity contribution is 5.29. The second-order valence-corrected chi connectivity index (χ2v) is 12.0. The third-order valence-corrected chi connectivity index (χ3v) is 9.86. The molecule has 0 aromatic rings. The maximum atomic E-state index is 10.7. The van der Waals surface area contributed by atoms with E-state index in [-0.39, 0.29) is 13.0 Å². The van der Waals surface area contributed by atoms with Gasteiger partial charge in [0.15, 0.2) is 0 Å². The first kappa shape index (κ1) is 26.7. The SMILES string of the molecule is C.C=C1[C@H](O)CC(=C/C=C2\CCC[C@@]3(C)C2CCC3[C@@H](C)CCCC2(O)CCCC2)C[C@H]1O. The molecule has 188 valence electrons. The normalized spacial score (nSPS) is 38.2. The molecule has 0 aromatic heterocycles. The lowest BCUT2D eigenvalue weighted by molar-refractivity contribution is 0.0318. The van der Waals surface area contributed by atoms with Crippen LogP contribution in [0.5, 0.6) is 0 Å². The molecule has 0 bridgehead atoms. The van der Waals surface area contributed by atoms with Crippen LogP contribution >= 0.6 is 0 Å². The number of allylic oxidation sites excluding steroid dienone is 3. The fourth-order valence-electron chi connectivity index (χ4n) is 7.88. The summed E-state index contributed by atoms with van der Waals surface area (Å²) in [5.41, 5.74) is 3.33. The number of hydrogen-bond donors (Lipinski definition) is 3. The first-order valence-electron chi connectivity index (χ1n) is 13.4. The van der Waals surface area contributed by atoms with Gasteiger partial charge in [-0.3, -0.25) is 0 Å². The number of rotatable bonds is 6. The van der Waals surface area contributed by atoms with Gasteiger partial charge in [-0.1, -0.05) is 76.8 Å². The quantitative estimate of drug-likeness (QED) is 0.380. The summed E-state index contributed by atoms with van der Waals surface area (Å²) in [6.07, 6.45) is 18.8. The highest BCUT2D eigenvalue weighted by atomic mass is 16.3. The van der Waals surface area contributed by atoms with Crippen molar-refractivity contribution in [2.75, 3.05) is 0 Å². The summed E-state index contributed by atoms with van der Waals surface area (Å²) in [6.45, 7) is 8.85. The summed E-state index contributed by atoms with van der Waals surface area (Å²) in [5, 5.41) is 31.0. The molecule has 3 heteroatoms. The minimum Gasteiger partial charge on any atom is -0.390 e. The van der Waals surface area contributed by atoms with Gasteiger partial charge in [0.1, 0.15) is 0 Å². The minimum atomic E-state index is -0.612. The van der Waals surface area contributed by atoms with E-state index in [1.165, 1.54) is 57.8 Å². The zero-order valence-electron chi connectivity index (χ0n) is 20.5. The van der Waals surface area contributed by atoms with Gasteiger partial charge >= 0.3 is 0 Å². The predicted molar refractivity (Wildman–Crippen MR) is 138 cm³/mol. The summed E-state index contributed by atoms with van der Waals surface area (Å²) in [4.78, 5) is 0. The van der Waals surface area contributed by atoms with Gasteiger partial charge < -0.3 is 15.3 Å². The molecular formula is C30H50O3. The van der Waals surface area contributed by atoms with E-state index >= 15 is 0 Å². The summed E-state index contributed by atoms with van der Waals surface area (Å²) in [5.74, 6) is 2.18. The molecular weight excluding hydrogens is 408 g/mol. The van der Waals surface area contributed by atoms with E-state index in [0.717, 1.165) is 36.7 Å². The van der Waals surface area contributed by atoms with Gasteiger partial charge in [-0.2, -0.15) is 0 Å². The molecule has 3 N–H and O–H groups in total. The Morgan fingerprint density at radius 3 is 2.36 bits per heavy atom. The molecule has 4 rings (SSSR count). The summed E-state index contributed by atoms with van der Waals surface area (Å²) in [6, 6.07) is 0. The molecule has 2 unspecified atom stereocenters. The van der Waals surface area contributed by atoms with Crippen molar-refractivity contribution in [2.24, 2.45) is 23.2 Å². The van der Waals surface area contributed by atoms with Crippen molar-refractivity contribution in [3.8, 4) is 0 Å². The maximum Gasteiger partial charge on any atom is 0.0809 e. The van der Waals surface area contributed by atoms with Gasteiger partial charge in [-0.05, 0) is 93.0 Å². The van der Waals surface area contributed by atoms with Crippen LogP contribution in [0.1, 0.15) is 111 Å². The second-order valence-electron chi connectivity index (χ2n) is 12.0. The largest absolute Gasteiger partial charge is 0.390 e. The molecule has 4 aliphatic carbocycles. The second kappa shape index (κ2) is 10.8. The molecule has 0 spiro atoms. The van der Waals surface area contributed by atoms with Gasteiger partial charge in [-0.15, -0.1) is 0 Å². The monoisotopic (exact) mass is 458 g/mol. The molecule has 3 nitrogen and oxygen atoms in total. The van der Waals surface area contributed by atoms with Gasteiger partial charge in [0.25, 0.3) is 0 Å². The molecule has 4 aliphatic rings. The standard InChI is InChI=1S/C29H46O3.CH4/c1-20(8-6-17-29(32)15-4-5-16-29)24-12-13-25-23(9-7-14-28(24,25)3)11-10-22-18-26(30)21(2)27(31)19-22;/h10-11,20,24-27,30-32H,2,4-9,12-19H2,1,3H3;1H4/b23-11+;/t20-,24?,25?,26+,27+,28+;/m0./s1. The highest BCUT2D eigenvalue weighted by Gasteiger charge is 2.50. The molecule has 0 aliphatic heterocycles. The van der Waals surface area contributed by atoms with Crippen LogP contribution in [0.15, 0.2) is 35.5 Å². The van der Waals surface area contributed by atoms with Crippen molar-refractivity contribution in [3.05, 3.63) is 35.5 Å². The van der Waals surface area contributed by atoms with Crippen molar-refractivity contribution in [1.82, 2.24) is 0 Å². The van der Waals surface area contributed by atoms with Crippen molar-refractivity contribution >= 4 is 0 Å². The highest BCUT2D eigenvalue weighted by Crippen LogP contribution is 2.60. The van der Waals surface area contributed by atoms with E-state index in [4.69, 9.17) is 0 Å². The molecule has 33 heavy (non-hydrogen) atoms. The number of fused-ring (bicyclic) bond motifs is 1. The van der Waals surface area contributed by atoms with Crippen LogP contribution in [0.4, 0.5) is 0 Å². The number of hydrogen-bond acceptors (Lipinski definition) is 3. The Morgan fingerprint density at radius 1 is 1.03 bits per heavy atom. The predicted octanol–water partition coefficient (Wildman–Crippen LogP) is 6.88. The Kier molecular flexibility index (Phi) is 8.73. The van der Waals surface area contributed by atoms with Crippen LogP contribution in [0, 0.1) is 23.2 Å². The molecule has 4 fully saturated rings. The Labute approximate surface area is 203 Å². The fraction of sp³-hybridized carbons (Fsp3) is 0.800. The fourth-order valence-corrected chi connectivity index (χ4v) is 7.88. The Hall–Kier alpha value is -0.900. The summed E-state index contributed by atoms with van der Waals surface area (Å²) < 4.78 is 0. The third kappa shape index (κ3) is 5.68. The minimum absolute atomic E-state index is 0. The molecule has 0 amide bonds. The molecule has 0 heterocycles. The van der Waals surface area contributed by atoms with Crippen LogP contribution in [-0.4, -0.2) is 33.1 Å². The summed E-state index contributed by atoms with van der Waals surface area (Å²) in [7, 11) is 0. The maximum absolute atomic E-state index is 10.7. The van der Waals surface area contributed by atoms with Crippen molar-refractivity contribution in [3.63, 3.8) is 0 Å². The Bertz CT molecular complexity index is 728. The Balaban J connectivity index is 0.00000306. The van der Waals surface area contributed by atoms with Gasteiger partial charge in [0, 0.05) is 0 Å². The number of aliphatic hydroxyl groups excluding tert-OH is 2. The summed E-state index contributed by atoms with van der Waals surface area (Å²) >= 11 is 0. The van der Waals surface area contributed by atoms with Gasteiger partial charge in [0.05, 0.1) is 17.8 Å². The van der Waals surface area contributed by atoms with Gasteiger partial charge in [0.2, 0.25) is 0 Å². The van der Waals surface area contributed by atoms with Gasteiger partial charge in [-0.25, -0.2) is 0 Å². The van der Waals surface area contributed by atoms with Crippen molar-refractivity contribution in [2.45, 2.75) is 129 Å². The topological polar surface area (TPSA) is 60.7 Å². The van der Waals surface area contributed by atoms with Crippen molar-refractivity contribution < 1.29 is 15.3 Å². The molecule has 0 aromatic carbocycles. The lowest BCUT2D eigenvalue weighted by Gasteiger charge is -2.44. The van der Waals surface area contributed by atoms with E-state index in [1.807, 2.05) is 0 Å². The van der Waals surface area contributed by atoms with Crippen LogP contribution in [0.3, 0.4) is 0 Å². The smallest absolute Gasteiger partial charge is 0.0809 e. The van der Waals surface area contributed by atoms with E-state index < -0.39 is 12.2 Å². The molecule has 6 atom stereocenters. The molecule has 4 saturated carbocycles. The van der Waals surface area contributed by atoms with Crippen molar-refractivity contribution in [1.29, 1.82) is 0 Å². The third-order valence-electron chi connectivity index (χ3n) is 9.86. The zero-order chi connectivity index (χ0) is 22.9.